The summed E-state index contributed by atoms with van der Waals surface area (Å²) < 4.78 is 0. The first-order valence-corrected chi connectivity index (χ1v) is 23.4. The molecular formula is C56H40N2Si. The Bertz CT molecular complexity index is 3180. The number of benzene rings is 9. The maximum atomic E-state index is 5.59. The second-order valence-corrected chi connectivity index (χ2v) is 20.4. The van der Waals surface area contributed by atoms with Gasteiger partial charge in [0.05, 0.1) is 5.69 Å². The average molecular weight is 769 g/mol. The molecule has 9 aromatic carbocycles. The Morgan fingerprint density at radius 1 is 0.339 bits per heavy atom. The second-order valence-electron chi connectivity index (χ2n) is 16.2. The minimum absolute atomic E-state index is 0.769. The van der Waals surface area contributed by atoms with Crippen molar-refractivity contribution in [3.63, 3.8) is 0 Å². The lowest BCUT2D eigenvalue weighted by Crippen LogP contribution is -2.51. The van der Waals surface area contributed by atoms with E-state index in [1.807, 2.05) is 0 Å². The van der Waals surface area contributed by atoms with Crippen LogP contribution >= 0.6 is 0 Å². The molecule has 1 aromatic heterocycles. The fourth-order valence-electron chi connectivity index (χ4n) is 9.30. The number of rotatable bonds is 6. The molecule has 0 bridgehead atoms. The Labute approximate surface area is 346 Å². The molecule has 59 heavy (non-hydrogen) atoms. The van der Waals surface area contributed by atoms with E-state index in [2.05, 4.69) is 219 Å². The highest BCUT2D eigenvalue weighted by Gasteiger charge is 2.43. The van der Waals surface area contributed by atoms with Crippen LogP contribution in [-0.2, 0) is 0 Å². The van der Waals surface area contributed by atoms with Crippen LogP contribution in [0.1, 0.15) is 0 Å². The molecule has 0 amide bonds. The van der Waals surface area contributed by atoms with E-state index < -0.39 is 8.07 Å². The zero-order chi connectivity index (χ0) is 39.5. The van der Waals surface area contributed by atoms with Crippen molar-refractivity contribution in [3.05, 3.63) is 206 Å². The maximum Gasteiger partial charge on any atom is 0.159 e. The van der Waals surface area contributed by atoms with E-state index in [-0.39, 0.29) is 0 Å². The van der Waals surface area contributed by atoms with Gasteiger partial charge in [-0.15, -0.1) is 0 Å². The van der Waals surface area contributed by atoms with E-state index >= 15 is 0 Å². The third-order valence-electron chi connectivity index (χ3n) is 12.2. The highest BCUT2D eigenvalue weighted by molar-refractivity contribution is 7.04. The Hall–Kier alpha value is -7.20. The molecule has 2 nitrogen and oxygen atoms in total. The molecule has 0 atom stereocenters. The van der Waals surface area contributed by atoms with Crippen molar-refractivity contribution in [3.8, 4) is 78.3 Å². The van der Waals surface area contributed by atoms with Gasteiger partial charge >= 0.3 is 0 Å². The summed E-state index contributed by atoms with van der Waals surface area (Å²) in [6.45, 7) is 4.93. The first kappa shape index (κ1) is 35.0. The van der Waals surface area contributed by atoms with Gasteiger partial charge in [0.1, 0.15) is 8.07 Å². The normalized spacial score (nSPS) is 12.7. The summed E-state index contributed by atoms with van der Waals surface area (Å²) in [7, 11) is -2.27. The SMILES string of the molecule is C[Si]1(C)c2nc(-c3cccc(-c4cccc(-c5cc(-c6ccccc6)cc(-c6ccccc6)c5)c4)c3)nc(-c3cccc4ccccc34)c2-c2ccc3ccccc3c21. The molecule has 3 heteroatoms. The van der Waals surface area contributed by atoms with E-state index in [4.69, 9.17) is 9.97 Å². The van der Waals surface area contributed by atoms with Crippen molar-refractivity contribution >= 4 is 40.1 Å². The van der Waals surface area contributed by atoms with Gasteiger partial charge in [0.25, 0.3) is 0 Å². The van der Waals surface area contributed by atoms with Crippen LogP contribution in [-0.4, -0.2) is 18.0 Å². The lowest BCUT2D eigenvalue weighted by Gasteiger charge is -2.20. The average Bonchev–Trinajstić information content (AvgIpc) is 3.55. The molecule has 0 saturated heterocycles. The van der Waals surface area contributed by atoms with E-state index in [9.17, 15) is 0 Å². The Morgan fingerprint density at radius 3 is 1.46 bits per heavy atom. The highest BCUT2D eigenvalue weighted by atomic mass is 28.3. The van der Waals surface area contributed by atoms with Crippen molar-refractivity contribution in [1.29, 1.82) is 0 Å². The summed E-state index contributed by atoms with van der Waals surface area (Å²) in [6, 6.07) is 74.7. The van der Waals surface area contributed by atoms with Gasteiger partial charge in [0, 0.05) is 22.0 Å². The third-order valence-corrected chi connectivity index (χ3v) is 15.5. The number of hydrogen-bond donors (Lipinski definition) is 0. The van der Waals surface area contributed by atoms with Crippen molar-refractivity contribution in [2.45, 2.75) is 13.1 Å². The molecule has 11 rings (SSSR count). The summed E-state index contributed by atoms with van der Waals surface area (Å²) in [4.78, 5) is 11.2. The molecule has 278 valence electrons. The van der Waals surface area contributed by atoms with Gasteiger partial charge in [-0.1, -0.05) is 189 Å². The van der Waals surface area contributed by atoms with Crippen LogP contribution in [0.4, 0.5) is 0 Å². The minimum atomic E-state index is -2.27. The summed E-state index contributed by atoms with van der Waals surface area (Å²) in [5.41, 5.74) is 15.1. The monoisotopic (exact) mass is 768 g/mol. The van der Waals surface area contributed by atoms with Crippen LogP contribution in [0.3, 0.4) is 0 Å². The quantitative estimate of drug-likeness (QED) is 0.157. The van der Waals surface area contributed by atoms with Crippen LogP contribution in [0, 0.1) is 0 Å². The lowest BCUT2D eigenvalue weighted by atomic mass is 9.92. The molecule has 0 N–H and O–H groups in total. The Kier molecular flexibility index (Phi) is 8.31. The van der Waals surface area contributed by atoms with Crippen LogP contribution in [0.15, 0.2) is 206 Å². The Balaban J connectivity index is 1.06. The van der Waals surface area contributed by atoms with Crippen molar-refractivity contribution in [1.82, 2.24) is 9.97 Å². The predicted molar refractivity (Wildman–Crippen MR) is 252 cm³/mol. The van der Waals surface area contributed by atoms with Gasteiger partial charge in [-0.05, 0) is 107 Å². The molecule has 0 spiro atoms. The summed E-state index contributed by atoms with van der Waals surface area (Å²) in [6.07, 6.45) is 0. The molecule has 10 aromatic rings. The highest BCUT2D eigenvalue weighted by Crippen LogP contribution is 2.41. The third kappa shape index (κ3) is 6.02. The second kappa shape index (κ2) is 14.0. The van der Waals surface area contributed by atoms with E-state index in [1.54, 1.807) is 0 Å². The number of nitrogens with zero attached hydrogens (tertiary/aromatic N) is 2. The summed E-state index contributed by atoms with van der Waals surface area (Å²) in [5.74, 6) is 0.769. The zero-order valence-corrected chi connectivity index (χ0v) is 34.0. The molecule has 1 aliphatic rings. The smallest absolute Gasteiger partial charge is 0.159 e. The standard InChI is InChI=1S/C56H40N2Si/c1-59(2)54-49-28-12-10-21-40(49)30-31-51(54)52-53(50-29-15-22-39-20-9-11-27-48(39)50)57-55(58-56(52)59)44-26-14-24-42(33-44)41-23-13-25-43(32-41)47-35-45(37-16-5-3-6-17-37)34-46(36-47)38-18-7-4-8-19-38/h3-36H,1-2H3. The molecule has 0 saturated carbocycles. The van der Waals surface area contributed by atoms with E-state index in [0.717, 1.165) is 33.8 Å². The molecule has 0 unspecified atom stereocenters. The van der Waals surface area contributed by atoms with Crippen molar-refractivity contribution < 1.29 is 0 Å². The summed E-state index contributed by atoms with van der Waals surface area (Å²) >= 11 is 0. The predicted octanol–water partition coefficient (Wildman–Crippen LogP) is 13.6. The van der Waals surface area contributed by atoms with Gasteiger partial charge in [-0.2, -0.15) is 0 Å². The molecule has 1 aliphatic heterocycles. The fourth-order valence-corrected chi connectivity index (χ4v) is 12.6. The van der Waals surface area contributed by atoms with E-state index in [0.29, 0.717) is 0 Å². The largest absolute Gasteiger partial charge is 0.237 e. The van der Waals surface area contributed by atoms with Crippen LogP contribution < -0.4 is 10.5 Å². The molecule has 0 aliphatic carbocycles. The van der Waals surface area contributed by atoms with Gasteiger partial charge < -0.3 is 0 Å². The first-order valence-electron chi connectivity index (χ1n) is 20.4. The maximum absolute atomic E-state index is 5.59. The van der Waals surface area contributed by atoms with Gasteiger partial charge in [0.15, 0.2) is 5.82 Å². The fraction of sp³-hybridized carbons (Fsp3) is 0.0357. The van der Waals surface area contributed by atoms with Gasteiger partial charge in [-0.25, -0.2) is 9.97 Å². The number of hydrogen-bond acceptors (Lipinski definition) is 2. The first-order chi connectivity index (χ1) is 29.0. The number of fused-ring (bicyclic) bond motifs is 6. The van der Waals surface area contributed by atoms with Crippen LogP contribution in [0.2, 0.25) is 13.1 Å². The topological polar surface area (TPSA) is 25.8 Å². The molecular weight excluding hydrogens is 729 g/mol. The van der Waals surface area contributed by atoms with Gasteiger partial charge in [0.2, 0.25) is 0 Å². The van der Waals surface area contributed by atoms with Crippen molar-refractivity contribution in [2.75, 3.05) is 0 Å². The van der Waals surface area contributed by atoms with Crippen LogP contribution in [0.5, 0.6) is 0 Å². The van der Waals surface area contributed by atoms with E-state index in [1.165, 1.54) is 76.6 Å². The minimum Gasteiger partial charge on any atom is -0.237 e. The summed E-state index contributed by atoms with van der Waals surface area (Å²) in [5, 5.41) is 7.68. The molecule has 2 heterocycles. The van der Waals surface area contributed by atoms with Gasteiger partial charge in [-0.3, -0.25) is 0 Å². The lowest BCUT2D eigenvalue weighted by molar-refractivity contribution is 1.21. The van der Waals surface area contributed by atoms with Crippen LogP contribution in [0.25, 0.3) is 99.8 Å². The zero-order valence-electron chi connectivity index (χ0n) is 33.0. The van der Waals surface area contributed by atoms with Crippen molar-refractivity contribution in [2.24, 2.45) is 0 Å². The number of aromatic nitrogens is 2. The molecule has 0 fully saturated rings. The Morgan fingerprint density at radius 2 is 0.797 bits per heavy atom. The molecule has 0 radical (unpaired) electrons.